The van der Waals surface area contributed by atoms with Crippen LogP contribution in [-0.4, -0.2) is 42.9 Å². The van der Waals surface area contributed by atoms with Crippen molar-refractivity contribution >= 4 is 23.2 Å². The molecule has 0 saturated carbocycles. The molecule has 0 fully saturated rings. The van der Waals surface area contributed by atoms with E-state index in [0.717, 1.165) is 32.4 Å². The fourth-order valence-corrected chi connectivity index (χ4v) is 3.75. The third kappa shape index (κ3) is 3.50. The number of thiophene rings is 1. The number of guanidine groups is 1. The second kappa shape index (κ2) is 6.96. The summed E-state index contributed by atoms with van der Waals surface area (Å²) in [4.78, 5) is 19.9. The molecule has 0 saturated heterocycles. The molecule has 118 valence electrons. The average Bonchev–Trinajstić information content (AvgIpc) is 3.21. The molecular formula is C16H22N4OS. The number of nitrogens with zero attached hydrogens (tertiary/aromatic N) is 2. The molecule has 1 aliphatic heterocycles. The summed E-state index contributed by atoms with van der Waals surface area (Å²) in [5, 5.41) is 8.59. The number of aliphatic imine (C=N–C) groups is 1. The topological polar surface area (TPSA) is 56.7 Å². The van der Waals surface area contributed by atoms with Gasteiger partial charge in [0.1, 0.15) is 0 Å². The van der Waals surface area contributed by atoms with E-state index in [4.69, 9.17) is 0 Å². The van der Waals surface area contributed by atoms with Crippen molar-refractivity contribution in [2.45, 2.75) is 31.8 Å². The second-order valence-electron chi connectivity index (χ2n) is 5.64. The Morgan fingerprint density at radius 1 is 1.45 bits per heavy atom. The lowest BCUT2D eigenvalue weighted by Crippen LogP contribution is -2.47. The number of carbonyl (C=O) groups excluding carboxylic acids is 1. The van der Waals surface area contributed by atoms with Crippen molar-refractivity contribution in [2.75, 3.05) is 20.1 Å². The van der Waals surface area contributed by atoms with Crippen LogP contribution in [0.2, 0.25) is 0 Å². The number of hydrogen-bond acceptors (Lipinski definition) is 3. The first-order valence-corrected chi connectivity index (χ1v) is 8.59. The normalized spacial score (nSPS) is 18.4. The number of hydrogen-bond donors (Lipinski definition) is 2. The van der Waals surface area contributed by atoms with Crippen LogP contribution in [0, 0.1) is 0 Å². The molecule has 1 aromatic heterocycles. The predicted octanol–water partition coefficient (Wildman–Crippen LogP) is 1.52. The number of rotatable bonds is 3. The molecule has 0 aromatic carbocycles. The Morgan fingerprint density at radius 2 is 2.27 bits per heavy atom. The third-order valence-electron chi connectivity index (χ3n) is 4.14. The van der Waals surface area contributed by atoms with Crippen LogP contribution in [0.25, 0.3) is 0 Å². The first-order chi connectivity index (χ1) is 10.8. The van der Waals surface area contributed by atoms with E-state index in [0.29, 0.717) is 18.5 Å². The van der Waals surface area contributed by atoms with Crippen molar-refractivity contribution in [3.63, 3.8) is 0 Å². The van der Waals surface area contributed by atoms with Gasteiger partial charge in [-0.15, -0.1) is 11.3 Å². The lowest BCUT2D eigenvalue weighted by molar-refractivity contribution is -0.130. The lowest BCUT2D eigenvalue weighted by Gasteiger charge is -2.27. The summed E-state index contributed by atoms with van der Waals surface area (Å²) in [6.45, 7) is 1.84. The fraction of sp³-hybridized carbons (Fsp3) is 0.500. The summed E-state index contributed by atoms with van der Waals surface area (Å²) in [6, 6.07) is 2.52. The smallest absolute Gasteiger partial charge is 0.242 e. The third-order valence-corrected chi connectivity index (χ3v) is 5.16. The Kier molecular flexibility index (Phi) is 4.77. The number of fused-ring (bicyclic) bond motifs is 1. The summed E-state index contributed by atoms with van der Waals surface area (Å²) in [6.07, 6.45) is 7.34. The zero-order valence-corrected chi connectivity index (χ0v) is 13.7. The molecule has 1 aromatic rings. The molecular weight excluding hydrogens is 296 g/mol. The molecule has 5 nitrogen and oxygen atoms in total. The zero-order chi connectivity index (χ0) is 15.4. The van der Waals surface area contributed by atoms with Crippen LogP contribution in [0.1, 0.15) is 23.3 Å². The Morgan fingerprint density at radius 3 is 3.05 bits per heavy atom. The van der Waals surface area contributed by atoms with Gasteiger partial charge >= 0.3 is 0 Å². The van der Waals surface area contributed by atoms with E-state index in [1.807, 2.05) is 4.90 Å². The zero-order valence-electron chi connectivity index (χ0n) is 12.8. The summed E-state index contributed by atoms with van der Waals surface area (Å²) in [7, 11) is 1.74. The van der Waals surface area contributed by atoms with Crippen LogP contribution >= 0.6 is 11.3 Å². The van der Waals surface area contributed by atoms with Gasteiger partial charge in [0, 0.05) is 31.1 Å². The molecule has 2 aliphatic rings. The van der Waals surface area contributed by atoms with Crippen LogP contribution in [0.5, 0.6) is 0 Å². The summed E-state index contributed by atoms with van der Waals surface area (Å²) >= 11 is 1.79. The van der Waals surface area contributed by atoms with Crippen LogP contribution in [0.15, 0.2) is 28.6 Å². The van der Waals surface area contributed by atoms with Crippen molar-refractivity contribution in [3.8, 4) is 0 Å². The van der Waals surface area contributed by atoms with Crippen LogP contribution in [0.4, 0.5) is 0 Å². The SMILES string of the molecule is CN=C(NCC(=O)N1CCc2sccc2C1)NC1CC=CC1. The van der Waals surface area contributed by atoms with E-state index >= 15 is 0 Å². The minimum absolute atomic E-state index is 0.129. The van der Waals surface area contributed by atoms with Gasteiger partial charge in [-0.05, 0) is 36.3 Å². The standard InChI is InChI=1S/C16H22N4OS/c1-17-16(19-13-4-2-3-5-13)18-10-15(21)20-8-6-14-12(11-20)7-9-22-14/h2-3,7,9,13H,4-6,8,10-11H2,1H3,(H2,17,18,19). The highest BCUT2D eigenvalue weighted by molar-refractivity contribution is 7.10. The first-order valence-electron chi connectivity index (χ1n) is 7.71. The van der Waals surface area contributed by atoms with Crippen molar-refractivity contribution in [1.29, 1.82) is 0 Å². The van der Waals surface area contributed by atoms with Gasteiger partial charge in [-0.1, -0.05) is 12.2 Å². The fourth-order valence-electron chi connectivity index (χ4n) is 2.86. The van der Waals surface area contributed by atoms with Gasteiger partial charge in [-0.3, -0.25) is 9.79 Å². The van der Waals surface area contributed by atoms with Crippen molar-refractivity contribution in [2.24, 2.45) is 4.99 Å². The predicted molar refractivity (Wildman–Crippen MR) is 90.1 cm³/mol. The minimum Gasteiger partial charge on any atom is -0.353 e. The largest absolute Gasteiger partial charge is 0.353 e. The van der Waals surface area contributed by atoms with E-state index in [1.165, 1.54) is 10.4 Å². The van der Waals surface area contributed by atoms with Gasteiger partial charge in [0.2, 0.25) is 5.91 Å². The Hall–Kier alpha value is -1.82. The first kappa shape index (κ1) is 15.1. The van der Waals surface area contributed by atoms with E-state index < -0.39 is 0 Å². The molecule has 0 bridgehead atoms. The quantitative estimate of drug-likeness (QED) is 0.505. The molecule has 3 rings (SSSR count). The van der Waals surface area contributed by atoms with Crippen LogP contribution in [0.3, 0.4) is 0 Å². The lowest BCUT2D eigenvalue weighted by atomic mass is 10.1. The maximum absolute atomic E-state index is 12.4. The van der Waals surface area contributed by atoms with Crippen LogP contribution < -0.4 is 10.6 Å². The van der Waals surface area contributed by atoms with Gasteiger partial charge < -0.3 is 15.5 Å². The molecule has 0 spiro atoms. The highest BCUT2D eigenvalue weighted by Gasteiger charge is 2.21. The summed E-state index contributed by atoms with van der Waals surface area (Å²) in [5.41, 5.74) is 1.30. The van der Waals surface area contributed by atoms with Crippen LogP contribution in [-0.2, 0) is 17.8 Å². The van der Waals surface area contributed by atoms with E-state index in [9.17, 15) is 4.79 Å². The average molecular weight is 318 g/mol. The maximum Gasteiger partial charge on any atom is 0.242 e. The van der Waals surface area contributed by atoms with Crippen molar-refractivity contribution in [1.82, 2.24) is 15.5 Å². The van der Waals surface area contributed by atoms with Crippen molar-refractivity contribution in [3.05, 3.63) is 34.0 Å². The molecule has 1 aliphatic carbocycles. The Balaban J connectivity index is 1.47. The van der Waals surface area contributed by atoms with Gasteiger partial charge in [-0.2, -0.15) is 0 Å². The monoisotopic (exact) mass is 318 g/mol. The highest BCUT2D eigenvalue weighted by atomic mass is 32.1. The summed E-state index contributed by atoms with van der Waals surface area (Å²) in [5.74, 6) is 0.833. The highest BCUT2D eigenvalue weighted by Crippen LogP contribution is 2.23. The van der Waals surface area contributed by atoms with Gasteiger partial charge in [0.05, 0.1) is 6.54 Å². The summed E-state index contributed by atoms with van der Waals surface area (Å²) < 4.78 is 0. The Labute approximate surface area is 135 Å². The molecule has 22 heavy (non-hydrogen) atoms. The number of nitrogens with one attached hydrogen (secondary N) is 2. The molecule has 0 atom stereocenters. The van der Waals surface area contributed by atoms with Crippen molar-refractivity contribution < 1.29 is 4.79 Å². The molecule has 2 heterocycles. The molecule has 2 N–H and O–H groups in total. The molecule has 6 heteroatoms. The number of amides is 1. The second-order valence-corrected chi connectivity index (χ2v) is 6.64. The molecule has 0 radical (unpaired) electrons. The van der Waals surface area contributed by atoms with Gasteiger partial charge in [0.15, 0.2) is 5.96 Å². The minimum atomic E-state index is 0.129. The van der Waals surface area contributed by atoms with Gasteiger partial charge in [-0.25, -0.2) is 0 Å². The van der Waals surface area contributed by atoms with E-state index in [-0.39, 0.29) is 5.91 Å². The molecule has 1 amide bonds. The molecule has 0 unspecified atom stereocenters. The van der Waals surface area contributed by atoms with Gasteiger partial charge in [0.25, 0.3) is 0 Å². The van der Waals surface area contributed by atoms with E-state index in [1.54, 1.807) is 18.4 Å². The maximum atomic E-state index is 12.4. The Bertz CT molecular complexity index is 585. The van der Waals surface area contributed by atoms with E-state index in [2.05, 4.69) is 39.2 Å². The number of carbonyl (C=O) groups is 1.